The minimum Gasteiger partial charge on any atom is -0.349 e. The number of hydrogen-bond donors (Lipinski definition) is 2. The summed E-state index contributed by atoms with van der Waals surface area (Å²) in [5.41, 5.74) is 0.180. The molecule has 0 saturated carbocycles. The van der Waals surface area contributed by atoms with Gasteiger partial charge >= 0.3 is 0 Å². The molecule has 0 aliphatic rings. The lowest BCUT2D eigenvalue weighted by Gasteiger charge is -2.08. The molecule has 0 fully saturated rings. The third-order valence-corrected chi connectivity index (χ3v) is 4.99. The van der Waals surface area contributed by atoms with Gasteiger partial charge in [0.05, 0.1) is 11.1 Å². The highest BCUT2D eigenvalue weighted by Gasteiger charge is 2.14. The van der Waals surface area contributed by atoms with Crippen LogP contribution in [0.4, 0.5) is 0 Å². The topological polar surface area (TPSA) is 101 Å². The summed E-state index contributed by atoms with van der Waals surface area (Å²) in [7, 11) is -3.64. The van der Waals surface area contributed by atoms with Gasteiger partial charge in [-0.15, -0.1) is 0 Å². The normalized spacial score (nSPS) is 11.4. The largest absolute Gasteiger partial charge is 0.349 e. The Balaban J connectivity index is 1.59. The average molecular weight is 356 g/mol. The lowest BCUT2D eigenvalue weighted by Crippen LogP contribution is -2.35. The maximum Gasteiger partial charge on any atom is 0.271 e. The van der Waals surface area contributed by atoms with E-state index in [9.17, 15) is 13.2 Å². The van der Waals surface area contributed by atoms with Crippen LogP contribution in [0.5, 0.6) is 0 Å². The molecule has 0 unspecified atom stereocenters. The maximum absolute atomic E-state index is 12.3. The molecule has 1 amide bonds. The van der Waals surface area contributed by atoms with Gasteiger partial charge in [0.25, 0.3) is 5.91 Å². The van der Waals surface area contributed by atoms with E-state index in [0.29, 0.717) is 0 Å². The number of hydrogen-bond acceptors (Lipinski definition) is 5. The van der Waals surface area contributed by atoms with E-state index in [-0.39, 0.29) is 23.7 Å². The highest BCUT2D eigenvalue weighted by Crippen LogP contribution is 2.18. The second-order valence-corrected chi connectivity index (χ2v) is 7.02. The van der Waals surface area contributed by atoms with E-state index in [1.807, 2.05) is 24.3 Å². The monoisotopic (exact) mass is 356 g/mol. The van der Waals surface area contributed by atoms with Crippen LogP contribution in [0.3, 0.4) is 0 Å². The quantitative estimate of drug-likeness (QED) is 0.649. The van der Waals surface area contributed by atoms with E-state index in [4.69, 9.17) is 0 Å². The number of aromatic nitrogens is 2. The van der Waals surface area contributed by atoms with Crippen LogP contribution in [0.1, 0.15) is 10.5 Å². The number of nitrogens with one attached hydrogen (secondary N) is 2. The van der Waals surface area contributed by atoms with Gasteiger partial charge in [-0.25, -0.2) is 18.1 Å². The molecule has 8 heteroatoms. The lowest BCUT2D eigenvalue weighted by molar-refractivity contribution is 0.0949. The van der Waals surface area contributed by atoms with Crippen molar-refractivity contribution >= 4 is 26.7 Å². The van der Waals surface area contributed by atoms with Crippen LogP contribution in [0.15, 0.2) is 66.0 Å². The zero-order valence-corrected chi connectivity index (χ0v) is 14.0. The average Bonchev–Trinajstić information content (AvgIpc) is 2.65. The molecule has 0 bridgehead atoms. The van der Waals surface area contributed by atoms with Gasteiger partial charge in [-0.3, -0.25) is 9.78 Å². The van der Waals surface area contributed by atoms with Crippen molar-refractivity contribution in [2.75, 3.05) is 13.1 Å². The number of carbonyl (C=O) groups is 1. The Morgan fingerprint density at radius 2 is 1.80 bits per heavy atom. The summed E-state index contributed by atoms with van der Waals surface area (Å²) >= 11 is 0. The van der Waals surface area contributed by atoms with Crippen molar-refractivity contribution in [3.8, 4) is 0 Å². The van der Waals surface area contributed by atoms with Gasteiger partial charge in [-0.1, -0.05) is 30.3 Å². The summed E-state index contributed by atoms with van der Waals surface area (Å²) in [5.74, 6) is -0.405. The first-order valence-corrected chi connectivity index (χ1v) is 9.07. The van der Waals surface area contributed by atoms with Crippen LogP contribution in [0.2, 0.25) is 0 Å². The minimum atomic E-state index is -3.64. The van der Waals surface area contributed by atoms with E-state index in [1.165, 1.54) is 18.6 Å². The number of benzene rings is 2. The lowest BCUT2D eigenvalue weighted by atomic mass is 10.1. The van der Waals surface area contributed by atoms with Crippen molar-refractivity contribution in [3.63, 3.8) is 0 Å². The van der Waals surface area contributed by atoms with E-state index < -0.39 is 15.9 Å². The van der Waals surface area contributed by atoms with Gasteiger partial charge in [-0.2, -0.15) is 0 Å². The predicted octanol–water partition coefficient (Wildman–Crippen LogP) is 1.34. The summed E-state index contributed by atoms with van der Waals surface area (Å²) in [4.78, 5) is 19.7. The molecule has 0 atom stereocenters. The van der Waals surface area contributed by atoms with Gasteiger partial charge < -0.3 is 5.32 Å². The van der Waals surface area contributed by atoms with Gasteiger partial charge in [0, 0.05) is 25.5 Å². The van der Waals surface area contributed by atoms with Crippen LogP contribution in [-0.4, -0.2) is 37.4 Å². The highest BCUT2D eigenvalue weighted by atomic mass is 32.2. The number of fused-ring (bicyclic) bond motifs is 1. The molecule has 3 aromatic rings. The molecule has 0 spiro atoms. The molecule has 0 aliphatic heterocycles. The fraction of sp³-hybridized carbons (Fsp3) is 0.118. The van der Waals surface area contributed by atoms with Crippen LogP contribution >= 0.6 is 0 Å². The van der Waals surface area contributed by atoms with Crippen molar-refractivity contribution in [1.29, 1.82) is 0 Å². The Morgan fingerprint density at radius 1 is 1.00 bits per heavy atom. The SMILES string of the molecule is O=C(NCCNS(=O)(=O)c1ccc2ccccc2c1)c1cnccn1. The zero-order chi connectivity index (χ0) is 17.7. The molecule has 0 saturated heterocycles. The number of sulfonamides is 1. The van der Waals surface area contributed by atoms with Crippen LogP contribution in [-0.2, 0) is 10.0 Å². The standard InChI is InChI=1S/C17H16N4O3S/c22-17(16-12-18-7-8-19-16)20-9-10-21-25(23,24)15-6-5-13-3-1-2-4-14(13)11-15/h1-8,11-12,21H,9-10H2,(H,20,22). The van der Waals surface area contributed by atoms with Gasteiger partial charge in [0.15, 0.2) is 0 Å². The first kappa shape index (κ1) is 17.0. The summed E-state index contributed by atoms with van der Waals surface area (Å²) < 4.78 is 27.2. The summed E-state index contributed by atoms with van der Waals surface area (Å²) in [6, 6.07) is 12.5. The first-order valence-electron chi connectivity index (χ1n) is 7.59. The van der Waals surface area contributed by atoms with Crippen molar-refractivity contribution < 1.29 is 13.2 Å². The Bertz CT molecular complexity index is 991. The van der Waals surface area contributed by atoms with Crippen LogP contribution in [0, 0.1) is 0 Å². The molecule has 2 aromatic carbocycles. The highest BCUT2D eigenvalue weighted by molar-refractivity contribution is 7.89. The number of rotatable bonds is 6. The fourth-order valence-electron chi connectivity index (χ4n) is 2.29. The van der Waals surface area contributed by atoms with Gasteiger partial charge in [0.2, 0.25) is 10.0 Å². The molecular formula is C17H16N4O3S. The second-order valence-electron chi connectivity index (χ2n) is 5.25. The molecule has 0 radical (unpaired) electrons. The maximum atomic E-state index is 12.3. The Labute approximate surface area is 145 Å². The molecular weight excluding hydrogens is 340 g/mol. The molecule has 1 aromatic heterocycles. The third-order valence-electron chi connectivity index (χ3n) is 3.53. The summed E-state index contributed by atoms with van der Waals surface area (Å²) in [6.07, 6.45) is 4.22. The predicted molar refractivity (Wildman–Crippen MR) is 93.5 cm³/mol. The Hall–Kier alpha value is -2.84. The molecule has 2 N–H and O–H groups in total. The fourth-order valence-corrected chi connectivity index (χ4v) is 3.35. The third kappa shape index (κ3) is 4.17. The number of carbonyl (C=O) groups excluding carboxylic acids is 1. The van der Waals surface area contributed by atoms with E-state index in [0.717, 1.165) is 10.8 Å². The smallest absolute Gasteiger partial charge is 0.271 e. The zero-order valence-electron chi connectivity index (χ0n) is 13.2. The number of amides is 1. The Kier molecular flexibility index (Phi) is 5.01. The molecule has 25 heavy (non-hydrogen) atoms. The molecule has 7 nitrogen and oxygen atoms in total. The van der Waals surface area contributed by atoms with E-state index in [1.54, 1.807) is 18.2 Å². The second kappa shape index (κ2) is 7.37. The molecule has 1 heterocycles. The van der Waals surface area contributed by atoms with Crippen molar-refractivity contribution in [2.24, 2.45) is 0 Å². The van der Waals surface area contributed by atoms with Crippen molar-refractivity contribution in [3.05, 3.63) is 66.7 Å². The van der Waals surface area contributed by atoms with E-state index in [2.05, 4.69) is 20.0 Å². The van der Waals surface area contributed by atoms with Crippen molar-refractivity contribution in [2.45, 2.75) is 4.90 Å². The van der Waals surface area contributed by atoms with Crippen LogP contribution < -0.4 is 10.0 Å². The van der Waals surface area contributed by atoms with Gasteiger partial charge in [-0.05, 0) is 22.9 Å². The first-order chi connectivity index (χ1) is 12.1. The van der Waals surface area contributed by atoms with Gasteiger partial charge in [0.1, 0.15) is 5.69 Å². The summed E-state index contributed by atoms with van der Waals surface area (Å²) in [6.45, 7) is 0.212. The molecule has 128 valence electrons. The van der Waals surface area contributed by atoms with Crippen LogP contribution in [0.25, 0.3) is 10.8 Å². The minimum absolute atomic E-state index is 0.0706. The number of nitrogens with zero attached hydrogens (tertiary/aromatic N) is 2. The summed E-state index contributed by atoms with van der Waals surface area (Å²) in [5, 5.41) is 4.40. The van der Waals surface area contributed by atoms with Crippen molar-refractivity contribution in [1.82, 2.24) is 20.0 Å². The Morgan fingerprint density at radius 3 is 2.56 bits per heavy atom. The molecule has 3 rings (SSSR count). The molecule has 0 aliphatic carbocycles. The van der Waals surface area contributed by atoms with E-state index >= 15 is 0 Å².